The smallest absolute Gasteiger partial charge is 0.305 e. The fourth-order valence-electron chi connectivity index (χ4n) is 0.889. The van der Waals surface area contributed by atoms with Crippen LogP contribution in [0.25, 0.3) is 0 Å². The number of rotatable bonds is 8. The van der Waals surface area contributed by atoms with Crippen molar-refractivity contribution in [1.29, 1.82) is 5.26 Å². The summed E-state index contributed by atoms with van der Waals surface area (Å²) in [6.07, 6.45) is 0.150. The van der Waals surface area contributed by atoms with Gasteiger partial charge in [0.25, 0.3) is 0 Å². The van der Waals surface area contributed by atoms with E-state index >= 15 is 0 Å². The first kappa shape index (κ1) is 15.2. The van der Waals surface area contributed by atoms with E-state index in [1.807, 2.05) is 6.07 Å². The first-order valence-corrected chi connectivity index (χ1v) is 7.07. The Labute approximate surface area is 99.6 Å². The highest BCUT2D eigenvalue weighted by atomic mass is 35.5. The number of nitriles is 1. The van der Waals surface area contributed by atoms with E-state index in [0.717, 1.165) is 0 Å². The Bertz CT molecular complexity index is 253. The van der Waals surface area contributed by atoms with Crippen molar-refractivity contribution in [3.63, 3.8) is 0 Å². The molecule has 0 rings (SSSR count). The summed E-state index contributed by atoms with van der Waals surface area (Å²) in [7, 11) is -3.35. The molecule has 0 saturated heterocycles. The molecule has 0 amide bonds. The Kier molecular flexibility index (Phi) is 8.45. The molecule has 0 aromatic carbocycles. The van der Waals surface area contributed by atoms with Gasteiger partial charge in [0.15, 0.2) is 0 Å². The minimum absolute atomic E-state index is 0.0470. The van der Waals surface area contributed by atoms with Crippen molar-refractivity contribution >= 4 is 30.9 Å². The zero-order valence-corrected chi connectivity index (χ0v) is 10.6. The summed E-state index contributed by atoms with van der Waals surface area (Å²) in [6.45, 7) is 0.731. The van der Waals surface area contributed by atoms with Gasteiger partial charge in [-0.15, -0.1) is 23.2 Å². The van der Waals surface area contributed by atoms with Crippen LogP contribution in [0, 0.1) is 11.3 Å². The third-order valence-corrected chi connectivity index (χ3v) is 3.65. The summed E-state index contributed by atoms with van der Waals surface area (Å²) < 4.78 is 18.2. The molecule has 0 aliphatic heterocycles. The molecule has 0 unspecified atom stereocenters. The van der Waals surface area contributed by atoms with Crippen LogP contribution >= 0.6 is 30.9 Å². The third-order valence-electron chi connectivity index (χ3n) is 1.57. The number of halogens is 2. The fraction of sp³-hybridized carbons (Fsp3) is 0.857. The maximum Gasteiger partial charge on any atom is 0.340 e. The monoisotopic (exact) mass is 273 g/mol. The van der Waals surface area contributed by atoms with E-state index < -0.39 is 7.67 Å². The molecule has 0 saturated carbocycles. The summed E-state index contributed by atoms with van der Waals surface area (Å²) in [5, 5.41) is 8.29. The predicted octanol–water partition coefficient (Wildman–Crippen LogP) is 1.76. The lowest BCUT2D eigenvalue weighted by Gasteiger charge is -2.26. The lowest BCUT2D eigenvalue weighted by Crippen LogP contribution is -2.29. The molecule has 0 aliphatic rings. The molecule has 0 bridgehead atoms. The van der Waals surface area contributed by atoms with E-state index in [4.69, 9.17) is 38.5 Å². The molecule has 88 valence electrons. The molecule has 0 fully saturated rings. The van der Waals surface area contributed by atoms with Gasteiger partial charge in [-0.05, 0) is 0 Å². The van der Waals surface area contributed by atoms with E-state index in [1.54, 1.807) is 0 Å². The second-order valence-electron chi connectivity index (χ2n) is 2.64. The lowest BCUT2D eigenvalue weighted by molar-refractivity contribution is 0.271. The number of hydrogen-bond donors (Lipinski definition) is 1. The molecule has 0 aliphatic carbocycles. The summed E-state index contributed by atoms with van der Waals surface area (Å²) in [6, 6.07) is 1.87. The van der Waals surface area contributed by atoms with Crippen LogP contribution in [0.3, 0.4) is 0 Å². The Morgan fingerprint density at radius 2 is 1.93 bits per heavy atom. The molecule has 0 aromatic heterocycles. The third kappa shape index (κ3) is 6.36. The highest BCUT2D eigenvalue weighted by Gasteiger charge is 2.26. The zero-order chi connectivity index (χ0) is 11.7. The van der Waals surface area contributed by atoms with Gasteiger partial charge in [0, 0.05) is 24.8 Å². The maximum atomic E-state index is 11.8. The molecule has 0 spiro atoms. The molecule has 8 heteroatoms. The minimum Gasteiger partial charge on any atom is -0.305 e. The van der Waals surface area contributed by atoms with Gasteiger partial charge in [-0.25, -0.2) is 10.2 Å². The van der Waals surface area contributed by atoms with Crippen molar-refractivity contribution in [3.05, 3.63) is 0 Å². The average Bonchev–Trinajstić information content (AvgIpc) is 2.18. The van der Waals surface area contributed by atoms with Crippen molar-refractivity contribution in [2.24, 2.45) is 5.50 Å². The van der Waals surface area contributed by atoms with Gasteiger partial charge in [0.05, 0.1) is 19.1 Å². The Balaban J connectivity index is 4.22. The van der Waals surface area contributed by atoms with Crippen molar-refractivity contribution in [2.75, 3.05) is 31.5 Å². The molecular weight excluding hydrogens is 260 g/mol. The quantitative estimate of drug-likeness (QED) is 0.414. The van der Waals surface area contributed by atoms with Gasteiger partial charge in [-0.3, -0.25) is 4.57 Å². The van der Waals surface area contributed by atoms with Crippen molar-refractivity contribution in [2.45, 2.75) is 6.42 Å². The number of alkyl halides is 2. The molecule has 1 atom stereocenters. The van der Waals surface area contributed by atoms with E-state index in [2.05, 4.69) is 0 Å². The maximum absolute atomic E-state index is 11.8. The van der Waals surface area contributed by atoms with Gasteiger partial charge in [-0.1, -0.05) is 0 Å². The summed E-state index contributed by atoms with van der Waals surface area (Å²) in [5.74, 6) is 0.583. The molecule has 5 nitrogen and oxygen atoms in total. The number of nitrogens with zero attached hydrogens (tertiary/aromatic N) is 2. The van der Waals surface area contributed by atoms with Crippen molar-refractivity contribution in [3.8, 4) is 6.07 Å². The van der Waals surface area contributed by atoms with Crippen LogP contribution in [0.1, 0.15) is 6.42 Å². The summed E-state index contributed by atoms with van der Waals surface area (Å²) in [4.78, 5) is 0. The van der Waals surface area contributed by atoms with Gasteiger partial charge < -0.3 is 4.52 Å². The average molecular weight is 274 g/mol. The first-order valence-electron chi connectivity index (χ1n) is 4.36. The largest absolute Gasteiger partial charge is 0.340 e. The zero-order valence-electron chi connectivity index (χ0n) is 8.23. The van der Waals surface area contributed by atoms with Crippen LogP contribution in [0.5, 0.6) is 0 Å². The van der Waals surface area contributed by atoms with E-state index in [-0.39, 0.29) is 13.0 Å². The van der Waals surface area contributed by atoms with Gasteiger partial charge in [-0.2, -0.15) is 5.26 Å². The fourth-order valence-corrected chi connectivity index (χ4v) is 2.81. The van der Waals surface area contributed by atoms with Crippen LogP contribution in [-0.4, -0.2) is 36.1 Å². The lowest BCUT2D eigenvalue weighted by atomic mass is 10.5. The molecule has 2 N–H and O–H groups in total. The Morgan fingerprint density at radius 3 is 2.33 bits per heavy atom. The van der Waals surface area contributed by atoms with Gasteiger partial charge >= 0.3 is 7.67 Å². The first-order chi connectivity index (χ1) is 7.08. The van der Waals surface area contributed by atoms with Crippen LogP contribution in [-0.2, 0) is 9.09 Å². The Morgan fingerprint density at radius 1 is 1.40 bits per heavy atom. The second kappa shape index (κ2) is 8.35. The minimum atomic E-state index is -3.35. The summed E-state index contributed by atoms with van der Waals surface area (Å²) in [5.41, 5.74) is 5.51. The molecule has 15 heavy (non-hydrogen) atoms. The van der Waals surface area contributed by atoms with Crippen LogP contribution < -0.4 is 5.50 Å². The molecule has 0 heterocycles. The standard InChI is InChI=1S/C7H14Cl2N3O2P/c8-2-5-12(6-3-9)15(11,13)14-7-1-4-10/h1-3,5-7H2,(H2,11,13)/t15-/m0/s1. The molecular formula is C7H14Cl2N3O2P. The molecule has 0 radical (unpaired) electrons. The predicted molar refractivity (Wildman–Crippen MR) is 61.0 cm³/mol. The normalized spacial score (nSPS) is 14.9. The molecule has 0 aromatic rings. The van der Waals surface area contributed by atoms with Crippen molar-refractivity contribution in [1.82, 2.24) is 4.67 Å². The van der Waals surface area contributed by atoms with Crippen LogP contribution in [0.4, 0.5) is 0 Å². The second-order valence-corrected chi connectivity index (χ2v) is 5.35. The van der Waals surface area contributed by atoms with Crippen LogP contribution in [0.15, 0.2) is 0 Å². The summed E-state index contributed by atoms with van der Waals surface area (Å²) >= 11 is 11.1. The Hall–Kier alpha value is 0.180. The van der Waals surface area contributed by atoms with E-state index in [9.17, 15) is 4.57 Å². The number of nitrogens with two attached hydrogens (primary N) is 1. The SMILES string of the molecule is N#CCCO[P@](N)(=O)N(CCCl)CCCl. The van der Waals surface area contributed by atoms with Gasteiger partial charge in [0.2, 0.25) is 0 Å². The van der Waals surface area contributed by atoms with E-state index in [1.165, 1.54) is 4.67 Å². The van der Waals surface area contributed by atoms with Crippen molar-refractivity contribution < 1.29 is 9.09 Å². The van der Waals surface area contributed by atoms with Gasteiger partial charge in [0.1, 0.15) is 0 Å². The van der Waals surface area contributed by atoms with E-state index in [0.29, 0.717) is 24.8 Å². The number of hydrogen-bond acceptors (Lipinski definition) is 3. The topological polar surface area (TPSA) is 79.3 Å². The van der Waals surface area contributed by atoms with Crippen LogP contribution in [0.2, 0.25) is 0 Å². The highest BCUT2D eigenvalue weighted by Crippen LogP contribution is 2.42. The highest BCUT2D eigenvalue weighted by molar-refractivity contribution is 7.53.